The molecule has 0 radical (unpaired) electrons. The molecule has 11 rings (SSSR count). The normalized spacial score (nSPS) is 11.4. The molecule has 0 saturated heterocycles. The molecule has 2 nitrogen and oxygen atoms in total. The molecule has 0 fully saturated rings. The minimum atomic E-state index is 1.09. The van der Waals surface area contributed by atoms with E-state index in [-0.39, 0.29) is 0 Å². The van der Waals surface area contributed by atoms with Crippen molar-refractivity contribution >= 4 is 60.4 Å². The van der Waals surface area contributed by atoms with Crippen molar-refractivity contribution in [2.24, 2.45) is 0 Å². The van der Waals surface area contributed by atoms with Crippen LogP contribution in [0.25, 0.3) is 82.4 Å². The zero-order valence-corrected chi connectivity index (χ0v) is 31.8. The number of aromatic nitrogens is 1. The highest BCUT2D eigenvalue weighted by atomic mass is 15.2. The second-order valence-electron chi connectivity index (χ2n) is 14.9. The van der Waals surface area contributed by atoms with Crippen LogP contribution < -0.4 is 4.90 Å². The first-order valence-electron chi connectivity index (χ1n) is 19.9. The topological polar surface area (TPSA) is 8.17 Å². The number of hydrogen-bond donors (Lipinski definition) is 0. The fourth-order valence-corrected chi connectivity index (χ4v) is 9.01. The Morgan fingerprint density at radius 2 is 0.862 bits per heavy atom. The SMILES string of the molecule is c1ccc(-c2ccccc2-n2c3ccccc3c3c(N(c4ccccc4)c4ccc(-c5cccc6ccccc56)cc4-c4cccc5ccccc45)cccc32)cc1. The van der Waals surface area contributed by atoms with Crippen molar-refractivity contribution < 1.29 is 0 Å². The van der Waals surface area contributed by atoms with Crippen molar-refractivity contribution in [3.63, 3.8) is 0 Å². The lowest BCUT2D eigenvalue weighted by molar-refractivity contribution is 1.18. The molecule has 0 bridgehead atoms. The Balaban J connectivity index is 1.22. The number of anilines is 3. The third kappa shape index (κ3) is 5.57. The molecule has 0 aliphatic carbocycles. The summed E-state index contributed by atoms with van der Waals surface area (Å²) < 4.78 is 2.45. The monoisotopic (exact) mass is 738 g/mol. The molecular formula is C56H38N2. The summed E-state index contributed by atoms with van der Waals surface area (Å²) in [5, 5.41) is 7.33. The van der Waals surface area contributed by atoms with Crippen molar-refractivity contribution in [3.8, 4) is 39.1 Å². The number of rotatable bonds is 7. The van der Waals surface area contributed by atoms with Gasteiger partial charge in [-0.3, -0.25) is 0 Å². The lowest BCUT2D eigenvalue weighted by atomic mass is 9.91. The maximum Gasteiger partial charge on any atom is 0.0562 e. The van der Waals surface area contributed by atoms with Gasteiger partial charge >= 0.3 is 0 Å². The Hall–Kier alpha value is -7.68. The van der Waals surface area contributed by atoms with Gasteiger partial charge in [0.1, 0.15) is 0 Å². The highest BCUT2D eigenvalue weighted by Crippen LogP contribution is 2.49. The second-order valence-corrected chi connectivity index (χ2v) is 14.9. The molecule has 272 valence electrons. The molecule has 0 aliphatic rings. The van der Waals surface area contributed by atoms with E-state index in [2.05, 4.69) is 240 Å². The molecule has 10 aromatic carbocycles. The Morgan fingerprint density at radius 1 is 0.310 bits per heavy atom. The molecule has 58 heavy (non-hydrogen) atoms. The third-order valence-electron chi connectivity index (χ3n) is 11.6. The minimum absolute atomic E-state index is 1.09. The maximum absolute atomic E-state index is 2.48. The lowest BCUT2D eigenvalue weighted by Crippen LogP contribution is -2.12. The van der Waals surface area contributed by atoms with Crippen LogP contribution in [0.3, 0.4) is 0 Å². The zero-order valence-electron chi connectivity index (χ0n) is 31.8. The molecule has 0 N–H and O–H groups in total. The van der Waals surface area contributed by atoms with Gasteiger partial charge in [-0.25, -0.2) is 0 Å². The van der Waals surface area contributed by atoms with E-state index in [4.69, 9.17) is 0 Å². The highest BCUT2D eigenvalue weighted by molar-refractivity contribution is 6.17. The van der Waals surface area contributed by atoms with Crippen molar-refractivity contribution in [3.05, 3.63) is 231 Å². The summed E-state index contributed by atoms with van der Waals surface area (Å²) in [6, 6.07) is 83.8. The maximum atomic E-state index is 2.48. The van der Waals surface area contributed by atoms with Gasteiger partial charge in [0.15, 0.2) is 0 Å². The van der Waals surface area contributed by atoms with Crippen molar-refractivity contribution in [2.75, 3.05) is 4.90 Å². The van der Waals surface area contributed by atoms with E-state index < -0.39 is 0 Å². The van der Waals surface area contributed by atoms with Crippen LogP contribution in [0.5, 0.6) is 0 Å². The van der Waals surface area contributed by atoms with Gasteiger partial charge in [-0.2, -0.15) is 0 Å². The molecule has 11 aromatic rings. The van der Waals surface area contributed by atoms with Crippen molar-refractivity contribution in [1.82, 2.24) is 4.57 Å². The van der Waals surface area contributed by atoms with Crippen molar-refractivity contribution in [2.45, 2.75) is 0 Å². The molecule has 0 aliphatic heterocycles. The van der Waals surface area contributed by atoms with Crippen LogP contribution in [-0.2, 0) is 0 Å². The quantitative estimate of drug-likeness (QED) is 0.158. The largest absolute Gasteiger partial charge is 0.309 e. The predicted octanol–water partition coefficient (Wildman–Crippen LogP) is 15.6. The van der Waals surface area contributed by atoms with Gasteiger partial charge in [-0.05, 0) is 92.3 Å². The Kier molecular flexibility index (Phi) is 8.19. The number of nitrogens with zero attached hydrogens (tertiary/aromatic N) is 2. The third-order valence-corrected chi connectivity index (χ3v) is 11.6. The fraction of sp³-hybridized carbons (Fsp3) is 0. The van der Waals surface area contributed by atoms with Crippen molar-refractivity contribution in [1.29, 1.82) is 0 Å². The second kappa shape index (κ2) is 14.1. The van der Waals surface area contributed by atoms with E-state index in [1.54, 1.807) is 0 Å². The van der Waals surface area contributed by atoms with E-state index in [0.29, 0.717) is 0 Å². The summed E-state index contributed by atoms with van der Waals surface area (Å²) in [5.41, 5.74) is 14.0. The van der Waals surface area contributed by atoms with E-state index in [1.165, 1.54) is 71.2 Å². The van der Waals surface area contributed by atoms with Crippen LogP contribution in [-0.4, -0.2) is 4.57 Å². The smallest absolute Gasteiger partial charge is 0.0562 e. The summed E-state index contributed by atoms with van der Waals surface area (Å²) in [7, 11) is 0. The van der Waals surface area contributed by atoms with Gasteiger partial charge < -0.3 is 9.47 Å². The summed E-state index contributed by atoms with van der Waals surface area (Å²) in [4.78, 5) is 2.48. The highest BCUT2D eigenvalue weighted by Gasteiger charge is 2.25. The average molecular weight is 739 g/mol. The number of benzene rings is 10. The number of para-hydroxylation sites is 3. The molecule has 1 heterocycles. The van der Waals surface area contributed by atoms with Crippen LogP contribution >= 0.6 is 0 Å². The lowest BCUT2D eigenvalue weighted by Gasteiger charge is -2.29. The molecule has 1 aromatic heterocycles. The molecule has 0 amide bonds. The van der Waals surface area contributed by atoms with Crippen LogP contribution in [0.1, 0.15) is 0 Å². The molecule has 2 heteroatoms. The van der Waals surface area contributed by atoms with E-state index in [1.807, 2.05) is 0 Å². The van der Waals surface area contributed by atoms with Gasteiger partial charge in [-0.1, -0.05) is 182 Å². The van der Waals surface area contributed by atoms with Crippen LogP contribution in [0.4, 0.5) is 17.1 Å². The minimum Gasteiger partial charge on any atom is -0.309 e. The average Bonchev–Trinajstić information content (AvgIpc) is 3.64. The fourth-order valence-electron chi connectivity index (χ4n) is 9.01. The molecule has 0 atom stereocenters. The van der Waals surface area contributed by atoms with E-state index >= 15 is 0 Å². The number of hydrogen-bond acceptors (Lipinski definition) is 1. The zero-order chi connectivity index (χ0) is 38.4. The van der Waals surface area contributed by atoms with E-state index in [9.17, 15) is 0 Å². The first-order chi connectivity index (χ1) is 28.8. The van der Waals surface area contributed by atoms with Gasteiger partial charge in [-0.15, -0.1) is 0 Å². The number of fused-ring (bicyclic) bond motifs is 5. The summed E-state index contributed by atoms with van der Waals surface area (Å²) >= 11 is 0. The van der Waals surface area contributed by atoms with Crippen LogP contribution in [0, 0.1) is 0 Å². The van der Waals surface area contributed by atoms with Crippen LogP contribution in [0.2, 0.25) is 0 Å². The first-order valence-corrected chi connectivity index (χ1v) is 19.9. The van der Waals surface area contributed by atoms with Gasteiger partial charge in [0.05, 0.1) is 28.1 Å². The predicted molar refractivity (Wildman–Crippen MR) is 247 cm³/mol. The van der Waals surface area contributed by atoms with Gasteiger partial charge in [0, 0.05) is 27.6 Å². The van der Waals surface area contributed by atoms with Crippen LogP contribution in [0.15, 0.2) is 231 Å². The summed E-state index contributed by atoms with van der Waals surface area (Å²) in [5.74, 6) is 0. The summed E-state index contributed by atoms with van der Waals surface area (Å²) in [6.45, 7) is 0. The van der Waals surface area contributed by atoms with Gasteiger partial charge in [0.25, 0.3) is 0 Å². The Labute approximate surface area is 338 Å². The summed E-state index contributed by atoms with van der Waals surface area (Å²) in [6.07, 6.45) is 0. The molecular weight excluding hydrogens is 701 g/mol. The Morgan fingerprint density at radius 3 is 1.64 bits per heavy atom. The Bertz CT molecular complexity index is 3280. The molecule has 0 saturated carbocycles. The standard InChI is InChI=1S/C56H38N2/c1-3-18-41(19-4-1)47-28-11-13-32-51(47)58-52-33-14-12-29-49(52)56-54(34-17-35-55(56)58)57(43-24-5-2-6-25-43)53-37-36-42(46-30-15-22-39-20-7-9-26-44(39)46)38-50(53)48-31-16-23-40-21-8-10-27-45(40)48/h1-38H. The first kappa shape index (κ1) is 33.6. The molecule has 0 spiro atoms. The van der Waals surface area contributed by atoms with E-state index in [0.717, 1.165) is 28.3 Å². The van der Waals surface area contributed by atoms with Gasteiger partial charge in [0.2, 0.25) is 0 Å². The molecule has 0 unspecified atom stereocenters.